The third-order valence-electron chi connectivity index (χ3n) is 4.61. The van der Waals surface area contributed by atoms with Gasteiger partial charge in [-0.15, -0.1) is 0 Å². The van der Waals surface area contributed by atoms with E-state index in [-0.39, 0.29) is 17.8 Å². The van der Waals surface area contributed by atoms with Crippen molar-refractivity contribution in [3.05, 3.63) is 66.4 Å². The molecule has 1 fully saturated rings. The number of aromatic nitrogens is 3. The van der Waals surface area contributed by atoms with Gasteiger partial charge in [-0.05, 0) is 42.5 Å². The summed E-state index contributed by atoms with van der Waals surface area (Å²) in [5.41, 5.74) is 1.81. The maximum absolute atomic E-state index is 13.0. The molecule has 1 aliphatic heterocycles. The second-order valence-corrected chi connectivity index (χ2v) is 6.47. The summed E-state index contributed by atoms with van der Waals surface area (Å²) in [6.07, 6.45) is 5.01. The van der Waals surface area contributed by atoms with Gasteiger partial charge in [0.2, 0.25) is 0 Å². The molecule has 0 aliphatic carbocycles. The van der Waals surface area contributed by atoms with E-state index < -0.39 is 0 Å². The minimum Gasteiger partial charge on any atom is -0.489 e. The first-order valence-electron chi connectivity index (χ1n) is 8.86. The van der Waals surface area contributed by atoms with Crippen LogP contribution in [-0.2, 0) is 0 Å². The van der Waals surface area contributed by atoms with Gasteiger partial charge in [0, 0.05) is 37.7 Å². The quantitative estimate of drug-likeness (QED) is 0.769. The van der Waals surface area contributed by atoms with Gasteiger partial charge in [0.25, 0.3) is 5.91 Å². The van der Waals surface area contributed by atoms with Crippen molar-refractivity contribution in [3.63, 3.8) is 0 Å². The minimum atomic E-state index is -0.304. The van der Waals surface area contributed by atoms with Crippen molar-refractivity contribution in [1.82, 2.24) is 20.1 Å². The van der Waals surface area contributed by atoms with Crippen molar-refractivity contribution >= 4 is 5.91 Å². The van der Waals surface area contributed by atoms with Gasteiger partial charge in [-0.25, -0.2) is 4.39 Å². The largest absolute Gasteiger partial charge is 0.489 e. The monoisotopic (exact) mass is 366 g/mol. The molecule has 4 rings (SSSR count). The summed E-state index contributed by atoms with van der Waals surface area (Å²) in [6, 6.07) is 11.4. The molecule has 3 aromatic rings. The van der Waals surface area contributed by atoms with Crippen LogP contribution in [0.1, 0.15) is 23.3 Å². The van der Waals surface area contributed by atoms with Crippen LogP contribution in [-0.4, -0.2) is 45.2 Å². The molecule has 7 heteroatoms. The molecule has 27 heavy (non-hydrogen) atoms. The van der Waals surface area contributed by atoms with Gasteiger partial charge < -0.3 is 9.64 Å². The van der Waals surface area contributed by atoms with Crippen LogP contribution in [0, 0.1) is 5.82 Å². The summed E-state index contributed by atoms with van der Waals surface area (Å²) < 4.78 is 19.0. The van der Waals surface area contributed by atoms with Gasteiger partial charge in [-0.2, -0.15) is 5.10 Å². The van der Waals surface area contributed by atoms with E-state index >= 15 is 0 Å². The number of hydrogen-bond acceptors (Lipinski definition) is 4. The Bertz CT molecular complexity index is 903. The van der Waals surface area contributed by atoms with Crippen LogP contribution in [0.25, 0.3) is 11.3 Å². The number of aromatic amines is 1. The van der Waals surface area contributed by atoms with Crippen LogP contribution in [0.4, 0.5) is 4.39 Å². The lowest BCUT2D eigenvalue weighted by molar-refractivity contribution is 0.0589. The zero-order chi connectivity index (χ0) is 18.6. The summed E-state index contributed by atoms with van der Waals surface area (Å²) in [5, 5.41) is 6.97. The second kappa shape index (κ2) is 7.57. The number of ether oxygens (including phenoxy) is 1. The molecule has 3 heterocycles. The average molecular weight is 366 g/mol. The third-order valence-corrected chi connectivity index (χ3v) is 4.61. The van der Waals surface area contributed by atoms with Crippen LogP contribution >= 0.6 is 0 Å². The number of benzene rings is 1. The molecule has 6 nitrogen and oxygen atoms in total. The lowest BCUT2D eigenvalue weighted by Gasteiger charge is -2.31. The van der Waals surface area contributed by atoms with Crippen molar-refractivity contribution in [3.8, 4) is 17.0 Å². The van der Waals surface area contributed by atoms with Gasteiger partial charge in [0.15, 0.2) is 0 Å². The molecule has 1 aliphatic rings. The number of H-pyrrole nitrogens is 1. The molecule has 2 aromatic heterocycles. The molecule has 0 radical (unpaired) electrons. The SMILES string of the molecule is O=C(c1cc(-c2ccc(F)cc2)n[nH]1)N1CCC(Oc2cccnc2)CC1. The summed E-state index contributed by atoms with van der Waals surface area (Å²) in [7, 11) is 0. The maximum Gasteiger partial charge on any atom is 0.271 e. The van der Waals surface area contributed by atoms with E-state index in [2.05, 4.69) is 15.2 Å². The zero-order valence-electron chi connectivity index (χ0n) is 14.6. The molecular formula is C20H19FN4O2. The number of pyridine rings is 1. The summed E-state index contributed by atoms with van der Waals surface area (Å²) in [6.45, 7) is 1.24. The fraction of sp³-hybridized carbons (Fsp3) is 0.250. The topological polar surface area (TPSA) is 71.1 Å². The number of nitrogens with zero attached hydrogens (tertiary/aromatic N) is 3. The Balaban J connectivity index is 1.36. The molecule has 0 saturated carbocycles. The fourth-order valence-corrected chi connectivity index (χ4v) is 3.16. The first-order chi connectivity index (χ1) is 13.2. The highest BCUT2D eigenvalue weighted by Gasteiger charge is 2.26. The Morgan fingerprint density at radius 1 is 1.19 bits per heavy atom. The molecule has 0 atom stereocenters. The molecular weight excluding hydrogens is 347 g/mol. The van der Waals surface area contributed by atoms with Gasteiger partial charge >= 0.3 is 0 Å². The van der Waals surface area contributed by atoms with Crippen molar-refractivity contribution < 1.29 is 13.9 Å². The normalized spacial score (nSPS) is 14.9. The summed E-state index contributed by atoms with van der Waals surface area (Å²) in [5.74, 6) is 0.359. The highest BCUT2D eigenvalue weighted by Crippen LogP contribution is 2.21. The Morgan fingerprint density at radius 2 is 1.96 bits per heavy atom. The van der Waals surface area contributed by atoms with Crippen LogP contribution in [0.3, 0.4) is 0 Å². The number of carbonyl (C=O) groups excluding carboxylic acids is 1. The Morgan fingerprint density at radius 3 is 2.67 bits per heavy atom. The van der Waals surface area contributed by atoms with Crippen molar-refractivity contribution in [2.75, 3.05) is 13.1 Å². The number of amides is 1. The minimum absolute atomic E-state index is 0.0785. The van der Waals surface area contributed by atoms with E-state index in [4.69, 9.17) is 4.74 Å². The number of nitrogens with one attached hydrogen (secondary N) is 1. The molecule has 1 amide bonds. The lowest BCUT2D eigenvalue weighted by Crippen LogP contribution is -2.41. The molecule has 0 spiro atoms. The van der Waals surface area contributed by atoms with E-state index in [1.165, 1.54) is 12.1 Å². The highest BCUT2D eigenvalue weighted by molar-refractivity contribution is 5.93. The molecule has 1 aromatic carbocycles. The average Bonchev–Trinajstić information content (AvgIpc) is 3.20. The number of piperidine rings is 1. The summed E-state index contributed by atoms with van der Waals surface area (Å²) >= 11 is 0. The maximum atomic E-state index is 13.0. The van der Waals surface area contributed by atoms with Gasteiger partial charge in [-0.1, -0.05) is 0 Å². The van der Waals surface area contributed by atoms with E-state index in [0.29, 0.717) is 24.5 Å². The van der Waals surface area contributed by atoms with E-state index in [1.807, 2.05) is 12.1 Å². The number of hydrogen-bond donors (Lipinski definition) is 1. The van der Waals surface area contributed by atoms with E-state index in [0.717, 1.165) is 24.2 Å². The van der Waals surface area contributed by atoms with Crippen molar-refractivity contribution in [2.24, 2.45) is 0 Å². The predicted molar refractivity (Wildman–Crippen MR) is 97.8 cm³/mol. The summed E-state index contributed by atoms with van der Waals surface area (Å²) in [4.78, 5) is 18.5. The standard InChI is InChI=1S/C20H19FN4O2/c21-15-5-3-14(4-6-15)18-12-19(24-23-18)20(26)25-10-7-16(8-11-25)27-17-2-1-9-22-13-17/h1-6,9,12-13,16H,7-8,10-11H2,(H,23,24). The van der Waals surface area contributed by atoms with Gasteiger partial charge in [0.1, 0.15) is 23.4 Å². The molecule has 0 unspecified atom stereocenters. The van der Waals surface area contributed by atoms with Gasteiger partial charge in [0.05, 0.1) is 11.9 Å². The highest BCUT2D eigenvalue weighted by atomic mass is 19.1. The first kappa shape index (κ1) is 17.2. The Kier molecular flexibility index (Phi) is 4.82. The predicted octanol–water partition coefficient (Wildman–Crippen LogP) is 3.29. The zero-order valence-corrected chi connectivity index (χ0v) is 14.6. The van der Waals surface area contributed by atoms with Gasteiger partial charge in [-0.3, -0.25) is 14.9 Å². The first-order valence-corrected chi connectivity index (χ1v) is 8.86. The van der Waals surface area contributed by atoms with Crippen LogP contribution in [0.2, 0.25) is 0 Å². The molecule has 138 valence electrons. The number of halogens is 1. The van der Waals surface area contributed by atoms with Crippen LogP contribution < -0.4 is 4.74 Å². The van der Waals surface area contributed by atoms with E-state index in [1.54, 1.807) is 35.5 Å². The fourth-order valence-electron chi connectivity index (χ4n) is 3.16. The third kappa shape index (κ3) is 3.97. The van der Waals surface area contributed by atoms with Crippen LogP contribution in [0.15, 0.2) is 54.9 Å². The smallest absolute Gasteiger partial charge is 0.271 e. The lowest BCUT2D eigenvalue weighted by atomic mass is 10.1. The molecule has 1 saturated heterocycles. The Labute approximate surface area is 156 Å². The van der Waals surface area contributed by atoms with Crippen molar-refractivity contribution in [1.29, 1.82) is 0 Å². The Hall–Kier alpha value is -3.22. The number of likely N-dealkylation sites (tertiary alicyclic amines) is 1. The van der Waals surface area contributed by atoms with Crippen LogP contribution in [0.5, 0.6) is 5.75 Å². The molecule has 0 bridgehead atoms. The van der Waals surface area contributed by atoms with Crippen molar-refractivity contribution in [2.45, 2.75) is 18.9 Å². The number of carbonyl (C=O) groups is 1. The van der Waals surface area contributed by atoms with E-state index in [9.17, 15) is 9.18 Å². The second-order valence-electron chi connectivity index (χ2n) is 6.47. The molecule has 1 N–H and O–H groups in total. The number of rotatable bonds is 4.